The molecular weight excluding hydrogens is 168 g/mol. The van der Waals surface area contributed by atoms with Gasteiger partial charge in [-0.1, -0.05) is 18.2 Å². The molecule has 0 aliphatic carbocycles. The van der Waals surface area contributed by atoms with Crippen LogP contribution < -0.4 is 0 Å². The number of ether oxygens (including phenoxy) is 1. The van der Waals surface area contributed by atoms with Crippen LogP contribution in [0.1, 0.15) is 5.56 Å². The van der Waals surface area contributed by atoms with Crippen molar-refractivity contribution in [2.75, 3.05) is 7.11 Å². The third-order valence-corrected chi connectivity index (χ3v) is 1.59. The molecule has 68 valence electrons. The monoisotopic (exact) mass is 178 g/mol. The lowest BCUT2D eigenvalue weighted by atomic mass is 10.1. The molecule has 0 fully saturated rings. The van der Waals surface area contributed by atoms with Crippen molar-refractivity contribution in [1.82, 2.24) is 0 Å². The largest absolute Gasteiger partial charge is 0.507 e. The molecule has 0 atom stereocenters. The van der Waals surface area contributed by atoms with E-state index in [0.717, 1.165) is 0 Å². The smallest absolute Gasteiger partial charge is 0.153 e. The molecule has 0 spiro atoms. The molecule has 0 saturated heterocycles. The molecule has 0 heterocycles. The number of rotatable bonds is 3. The Hall–Kier alpha value is -1.77. The Bertz CT molecular complexity index is 329. The zero-order valence-corrected chi connectivity index (χ0v) is 7.23. The molecule has 13 heavy (non-hydrogen) atoms. The van der Waals surface area contributed by atoms with Gasteiger partial charge in [-0.15, -0.1) is 0 Å². The molecule has 1 aromatic carbocycles. The molecule has 3 heteroatoms. The van der Waals surface area contributed by atoms with Gasteiger partial charge in [-0.3, -0.25) is 4.79 Å². The van der Waals surface area contributed by atoms with Gasteiger partial charge in [0.25, 0.3) is 0 Å². The molecule has 0 aliphatic heterocycles. The average molecular weight is 178 g/mol. The van der Waals surface area contributed by atoms with Crippen molar-refractivity contribution >= 4 is 11.9 Å². The van der Waals surface area contributed by atoms with Crippen molar-refractivity contribution in [2.24, 2.45) is 0 Å². The number of hydrogen-bond acceptors (Lipinski definition) is 3. The maximum Gasteiger partial charge on any atom is 0.153 e. The topological polar surface area (TPSA) is 46.5 Å². The number of para-hydroxylation sites is 1. The number of hydrogen-bond donors (Lipinski definition) is 1. The van der Waals surface area contributed by atoms with E-state index >= 15 is 0 Å². The summed E-state index contributed by atoms with van der Waals surface area (Å²) in [5, 5.41) is 9.38. The molecule has 1 N–H and O–H groups in total. The number of phenols is 1. The van der Waals surface area contributed by atoms with Crippen LogP contribution in [0.5, 0.6) is 5.75 Å². The number of benzene rings is 1. The number of phenolic OH excluding ortho intramolecular Hbond substituents is 1. The average Bonchev–Trinajstić information content (AvgIpc) is 2.16. The van der Waals surface area contributed by atoms with Crippen molar-refractivity contribution < 1.29 is 14.6 Å². The van der Waals surface area contributed by atoms with E-state index in [4.69, 9.17) is 4.74 Å². The van der Waals surface area contributed by atoms with Crippen LogP contribution in [-0.4, -0.2) is 18.5 Å². The first-order valence-electron chi connectivity index (χ1n) is 3.76. The first-order chi connectivity index (χ1) is 6.29. The number of carbonyl (C=O) groups is 1. The first kappa shape index (κ1) is 9.32. The molecule has 1 aromatic rings. The standard InChI is InChI=1S/C10H10O3/c1-13-7-8(6-11)9-4-2-3-5-10(9)12/h2-7,12H,1H3. The molecule has 0 saturated carbocycles. The number of allylic oxidation sites excluding steroid dienone is 1. The van der Waals surface area contributed by atoms with E-state index in [-0.39, 0.29) is 5.75 Å². The van der Waals surface area contributed by atoms with Crippen molar-refractivity contribution in [3.8, 4) is 5.75 Å². The summed E-state index contributed by atoms with van der Waals surface area (Å²) in [6.07, 6.45) is 1.93. The summed E-state index contributed by atoms with van der Waals surface area (Å²) in [6, 6.07) is 6.59. The van der Waals surface area contributed by atoms with E-state index in [0.29, 0.717) is 17.4 Å². The van der Waals surface area contributed by atoms with E-state index < -0.39 is 0 Å². The van der Waals surface area contributed by atoms with Crippen LogP contribution in [-0.2, 0) is 9.53 Å². The minimum Gasteiger partial charge on any atom is -0.507 e. The van der Waals surface area contributed by atoms with Gasteiger partial charge in [-0.05, 0) is 6.07 Å². The second-order valence-electron chi connectivity index (χ2n) is 2.44. The van der Waals surface area contributed by atoms with Crippen LogP contribution in [0, 0.1) is 0 Å². The zero-order chi connectivity index (χ0) is 9.68. The molecule has 0 unspecified atom stereocenters. The van der Waals surface area contributed by atoms with Crippen LogP contribution in [0.3, 0.4) is 0 Å². The van der Waals surface area contributed by atoms with E-state index in [1.54, 1.807) is 18.2 Å². The van der Waals surface area contributed by atoms with Crippen molar-refractivity contribution in [1.29, 1.82) is 0 Å². The molecule has 3 nitrogen and oxygen atoms in total. The lowest BCUT2D eigenvalue weighted by molar-refractivity contribution is -0.103. The number of aldehydes is 1. The summed E-state index contributed by atoms with van der Waals surface area (Å²) in [6.45, 7) is 0. The second kappa shape index (κ2) is 4.30. The highest BCUT2D eigenvalue weighted by molar-refractivity contribution is 6.07. The van der Waals surface area contributed by atoms with Gasteiger partial charge in [0.2, 0.25) is 0 Å². The maximum atomic E-state index is 10.6. The number of methoxy groups -OCH3 is 1. The molecule has 0 amide bonds. The van der Waals surface area contributed by atoms with E-state index in [2.05, 4.69) is 0 Å². The molecule has 1 rings (SSSR count). The van der Waals surface area contributed by atoms with Gasteiger partial charge in [0.05, 0.1) is 18.9 Å². The summed E-state index contributed by atoms with van der Waals surface area (Å²) in [5.41, 5.74) is 0.792. The lowest BCUT2D eigenvalue weighted by Crippen LogP contribution is -1.87. The number of carbonyl (C=O) groups excluding carboxylic acids is 1. The minimum atomic E-state index is 0.0675. The molecule has 0 radical (unpaired) electrons. The fraction of sp³-hybridized carbons (Fsp3) is 0.100. The summed E-state index contributed by atoms with van der Waals surface area (Å²) in [7, 11) is 1.45. The highest BCUT2D eigenvalue weighted by Crippen LogP contribution is 2.22. The van der Waals surface area contributed by atoms with E-state index in [1.807, 2.05) is 0 Å². The van der Waals surface area contributed by atoms with E-state index in [1.165, 1.54) is 19.4 Å². The van der Waals surface area contributed by atoms with Crippen molar-refractivity contribution in [3.63, 3.8) is 0 Å². The van der Waals surface area contributed by atoms with Gasteiger partial charge >= 0.3 is 0 Å². The Morgan fingerprint density at radius 2 is 2.15 bits per heavy atom. The van der Waals surface area contributed by atoms with Gasteiger partial charge < -0.3 is 9.84 Å². The predicted molar refractivity (Wildman–Crippen MR) is 49.2 cm³/mol. The van der Waals surface area contributed by atoms with Crippen LogP contribution >= 0.6 is 0 Å². The van der Waals surface area contributed by atoms with Crippen LogP contribution in [0.25, 0.3) is 5.57 Å². The van der Waals surface area contributed by atoms with Crippen LogP contribution in [0.2, 0.25) is 0 Å². The summed E-state index contributed by atoms with van der Waals surface area (Å²) >= 11 is 0. The normalized spacial score (nSPS) is 11.0. The Kier molecular flexibility index (Phi) is 3.09. The molecule has 0 aliphatic rings. The van der Waals surface area contributed by atoms with Gasteiger partial charge in [0.1, 0.15) is 5.75 Å². The minimum absolute atomic E-state index is 0.0675. The third kappa shape index (κ3) is 2.08. The van der Waals surface area contributed by atoms with E-state index in [9.17, 15) is 9.90 Å². The van der Waals surface area contributed by atoms with Gasteiger partial charge in [0.15, 0.2) is 6.29 Å². The van der Waals surface area contributed by atoms with Crippen LogP contribution in [0.15, 0.2) is 30.5 Å². The third-order valence-electron chi connectivity index (χ3n) is 1.59. The van der Waals surface area contributed by atoms with Gasteiger partial charge in [0, 0.05) is 5.56 Å². The predicted octanol–water partition coefficient (Wildman–Crippen LogP) is 1.58. The van der Waals surface area contributed by atoms with Gasteiger partial charge in [-0.2, -0.15) is 0 Å². The quantitative estimate of drug-likeness (QED) is 0.434. The molecular formula is C10H10O3. The molecule has 0 aromatic heterocycles. The summed E-state index contributed by atoms with van der Waals surface area (Å²) < 4.78 is 4.70. The summed E-state index contributed by atoms with van der Waals surface area (Å²) in [5.74, 6) is 0.0675. The van der Waals surface area contributed by atoms with Crippen molar-refractivity contribution in [3.05, 3.63) is 36.1 Å². The lowest BCUT2D eigenvalue weighted by Gasteiger charge is -2.02. The summed E-state index contributed by atoms with van der Waals surface area (Å²) in [4.78, 5) is 10.6. The van der Waals surface area contributed by atoms with Gasteiger partial charge in [-0.25, -0.2) is 0 Å². The Labute approximate surface area is 76.3 Å². The number of aromatic hydroxyl groups is 1. The Balaban J connectivity index is 3.12. The zero-order valence-electron chi connectivity index (χ0n) is 7.23. The molecule has 0 bridgehead atoms. The second-order valence-corrected chi connectivity index (χ2v) is 2.44. The fourth-order valence-corrected chi connectivity index (χ4v) is 0.999. The Morgan fingerprint density at radius 3 is 2.69 bits per heavy atom. The maximum absolute atomic E-state index is 10.6. The van der Waals surface area contributed by atoms with Crippen molar-refractivity contribution in [2.45, 2.75) is 0 Å². The highest BCUT2D eigenvalue weighted by atomic mass is 16.5. The fourth-order valence-electron chi connectivity index (χ4n) is 0.999. The highest BCUT2D eigenvalue weighted by Gasteiger charge is 2.04. The Morgan fingerprint density at radius 1 is 1.46 bits per heavy atom. The SMILES string of the molecule is COC=C(C=O)c1ccccc1O. The first-order valence-corrected chi connectivity index (χ1v) is 3.76. The van der Waals surface area contributed by atoms with Crippen LogP contribution in [0.4, 0.5) is 0 Å².